The van der Waals surface area contributed by atoms with Gasteiger partial charge >= 0.3 is 12.1 Å². The number of rotatable bonds is 3. The van der Waals surface area contributed by atoms with Crippen LogP contribution in [0.1, 0.15) is 31.2 Å². The lowest BCUT2D eigenvalue weighted by Crippen LogP contribution is -2.51. The molecule has 0 radical (unpaired) electrons. The number of benzene rings is 1. The monoisotopic (exact) mass is 416 g/mol. The molecule has 1 N–H and O–H groups in total. The quantitative estimate of drug-likeness (QED) is 0.802. The Bertz CT molecular complexity index is 958. The zero-order chi connectivity index (χ0) is 20.7. The first-order valence-electron chi connectivity index (χ1n) is 9.90. The number of aromatic nitrogens is 1. The van der Waals surface area contributed by atoms with Gasteiger partial charge in [-0.3, -0.25) is 9.88 Å². The molecule has 1 saturated carbocycles. The van der Waals surface area contributed by atoms with E-state index in [0.717, 1.165) is 47.8 Å². The summed E-state index contributed by atoms with van der Waals surface area (Å²) in [5, 5.41) is 10.6. The Morgan fingerprint density at radius 1 is 1.31 bits per heavy atom. The number of hydrogen-bond donors (Lipinski definition) is 1. The average Bonchev–Trinajstić information content (AvgIpc) is 2.69. The Kier molecular flexibility index (Phi) is 5.25. The van der Waals surface area contributed by atoms with Gasteiger partial charge in [-0.2, -0.15) is 0 Å². The third-order valence-electron chi connectivity index (χ3n) is 6.10. The summed E-state index contributed by atoms with van der Waals surface area (Å²) in [5.74, 6) is 0.327. The van der Waals surface area contributed by atoms with Crippen LogP contribution in [-0.2, 0) is 6.54 Å². The van der Waals surface area contributed by atoms with Gasteiger partial charge in [0.15, 0.2) is 0 Å². The highest BCUT2D eigenvalue weighted by atomic mass is 35.5. The van der Waals surface area contributed by atoms with Crippen LogP contribution in [0.5, 0.6) is 0 Å². The molecular weight excluding hydrogens is 392 g/mol. The second kappa shape index (κ2) is 7.71. The van der Waals surface area contributed by atoms with Gasteiger partial charge in [0.1, 0.15) is 0 Å². The molecule has 4 rings (SSSR count). The maximum absolute atomic E-state index is 13.2. The van der Waals surface area contributed by atoms with Crippen molar-refractivity contribution in [3.63, 3.8) is 0 Å². The van der Waals surface area contributed by atoms with E-state index in [2.05, 4.69) is 4.98 Å². The molecular formula is C21H25ClN4O3. The van der Waals surface area contributed by atoms with E-state index in [0.29, 0.717) is 24.0 Å². The van der Waals surface area contributed by atoms with Crippen LogP contribution in [0.2, 0.25) is 5.02 Å². The highest BCUT2D eigenvalue weighted by molar-refractivity contribution is 6.31. The first-order valence-corrected chi connectivity index (χ1v) is 10.3. The van der Waals surface area contributed by atoms with Crippen LogP contribution in [0.15, 0.2) is 24.4 Å². The molecule has 1 fully saturated rings. The fourth-order valence-corrected chi connectivity index (χ4v) is 4.76. The van der Waals surface area contributed by atoms with Crippen molar-refractivity contribution in [2.45, 2.75) is 38.3 Å². The van der Waals surface area contributed by atoms with E-state index in [4.69, 9.17) is 16.7 Å². The molecule has 154 valence electrons. The first-order chi connectivity index (χ1) is 13.8. The van der Waals surface area contributed by atoms with Gasteiger partial charge in [0.05, 0.1) is 17.7 Å². The fourth-order valence-electron chi connectivity index (χ4n) is 4.58. The largest absolute Gasteiger partial charge is 0.465 e. The summed E-state index contributed by atoms with van der Waals surface area (Å²) in [6, 6.07) is 5.67. The molecule has 1 aromatic heterocycles. The van der Waals surface area contributed by atoms with Gasteiger partial charge in [-0.1, -0.05) is 11.6 Å². The zero-order valence-corrected chi connectivity index (χ0v) is 17.4. The molecule has 0 unspecified atom stereocenters. The maximum atomic E-state index is 13.2. The summed E-state index contributed by atoms with van der Waals surface area (Å²) in [6.07, 6.45) is 4.45. The number of amides is 3. The van der Waals surface area contributed by atoms with Crippen LogP contribution in [0.25, 0.3) is 10.9 Å². The summed E-state index contributed by atoms with van der Waals surface area (Å²) in [5.41, 5.74) is 2.77. The van der Waals surface area contributed by atoms with Gasteiger partial charge in [0.2, 0.25) is 0 Å². The Hall–Kier alpha value is -2.54. The number of urea groups is 1. The van der Waals surface area contributed by atoms with E-state index < -0.39 is 6.09 Å². The van der Waals surface area contributed by atoms with Crippen molar-refractivity contribution >= 4 is 40.3 Å². The van der Waals surface area contributed by atoms with Crippen molar-refractivity contribution in [1.82, 2.24) is 14.8 Å². The SMILES string of the molecule is CN1Cc2cnc3ccc(Cl)cc3c2N([C@H]2CC[C@H](CN(C)C(=O)O)CC2)C1=O. The van der Waals surface area contributed by atoms with E-state index in [9.17, 15) is 9.59 Å². The van der Waals surface area contributed by atoms with Crippen molar-refractivity contribution in [2.75, 3.05) is 25.5 Å². The minimum atomic E-state index is -0.898. The number of hydrogen-bond acceptors (Lipinski definition) is 3. The van der Waals surface area contributed by atoms with E-state index in [1.54, 1.807) is 11.9 Å². The standard InChI is InChI=1S/C21H25ClN4O3/c1-24-12-14-10-23-18-8-5-15(22)9-17(18)19(14)26(20(24)27)16-6-3-13(4-7-16)11-25(2)21(28)29/h5,8-10,13,16H,3-4,6-7,11-12H2,1-2H3,(H,28,29)/t13-,16-. The highest BCUT2D eigenvalue weighted by Crippen LogP contribution is 2.40. The maximum Gasteiger partial charge on any atom is 0.407 e. The Morgan fingerprint density at radius 3 is 2.72 bits per heavy atom. The number of pyridine rings is 1. The lowest BCUT2D eigenvalue weighted by molar-refractivity contribution is 0.142. The topological polar surface area (TPSA) is 77.0 Å². The molecule has 8 heteroatoms. The third-order valence-corrected chi connectivity index (χ3v) is 6.33. The molecule has 2 aromatic rings. The van der Waals surface area contributed by atoms with E-state index in [1.807, 2.05) is 36.3 Å². The van der Waals surface area contributed by atoms with Gasteiger partial charge in [-0.25, -0.2) is 9.59 Å². The summed E-state index contributed by atoms with van der Waals surface area (Å²) < 4.78 is 0. The third kappa shape index (κ3) is 3.71. The number of nitrogens with zero attached hydrogens (tertiary/aromatic N) is 4. The highest BCUT2D eigenvalue weighted by Gasteiger charge is 2.37. The molecule has 3 amide bonds. The molecule has 0 bridgehead atoms. The summed E-state index contributed by atoms with van der Waals surface area (Å²) in [4.78, 5) is 33.8. The fraction of sp³-hybridized carbons (Fsp3) is 0.476. The molecule has 0 atom stereocenters. The number of carboxylic acid groups (broad SMARTS) is 1. The van der Waals surface area contributed by atoms with Gasteiger partial charge in [-0.05, 0) is 49.8 Å². The number of carbonyl (C=O) groups is 2. The van der Waals surface area contributed by atoms with Crippen molar-refractivity contribution in [1.29, 1.82) is 0 Å². The number of anilines is 1. The molecule has 1 aliphatic heterocycles. The van der Waals surface area contributed by atoms with Crippen LogP contribution in [0.3, 0.4) is 0 Å². The molecule has 2 heterocycles. The van der Waals surface area contributed by atoms with Gasteiger partial charge in [-0.15, -0.1) is 0 Å². The van der Waals surface area contributed by atoms with E-state index in [1.165, 1.54) is 4.90 Å². The summed E-state index contributed by atoms with van der Waals surface area (Å²) >= 11 is 6.26. The molecule has 0 saturated heterocycles. The predicted molar refractivity (Wildman–Crippen MR) is 112 cm³/mol. The van der Waals surface area contributed by atoms with Crippen LogP contribution in [0.4, 0.5) is 15.3 Å². The normalized spacial score (nSPS) is 22.0. The average molecular weight is 417 g/mol. The van der Waals surface area contributed by atoms with Crippen LogP contribution in [0, 0.1) is 5.92 Å². The molecule has 2 aliphatic rings. The number of fused-ring (bicyclic) bond motifs is 3. The predicted octanol–water partition coefficient (Wildman–Crippen LogP) is 4.43. The lowest BCUT2D eigenvalue weighted by atomic mass is 9.84. The minimum absolute atomic E-state index is 0.00363. The summed E-state index contributed by atoms with van der Waals surface area (Å²) in [6.45, 7) is 1.06. The minimum Gasteiger partial charge on any atom is -0.465 e. The molecule has 7 nitrogen and oxygen atoms in total. The van der Waals surface area contributed by atoms with Crippen LogP contribution in [-0.4, -0.2) is 58.7 Å². The van der Waals surface area contributed by atoms with Gasteiger partial charge in [0, 0.05) is 48.9 Å². The van der Waals surface area contributed by atoms with Gasteiger partial charge < -0.3 is 14.9 Å². The first kappa shape index (κ1) is 19.8. The molecule has 1 aromatic carbocycles. The smallest absolute Gasteiger partial charge is 0.407 e. The van der Waals surface area contributed by atoms with E-state index in [-0.39, 0.29) is 12.1 Å². The van der Waals surface area contributed by atoms with Crippen molar-refractivity contribution in [2.24, 2.45) is 5.92 Å². The second-order valence-electron chi connectivity index (χ2n) is 8.14. The van der Waals surface area contributed by atoms with Crippen LogP contribution >= 0.6 is 11.6 Å². The van der Waals surface area contributed by atoms with Gasteiger partial charge in [0.25, 0.3) is 0 Å². The van der Waals surface area contributed by atoms with Crippen molar-refractivity contribution < 1.29 is 14.7 Å². The van der Waals surface area contributed by atoms with Crippen molar-refractivity contribution in [3.8, 4) is 0 Å². The molecule has 1 aliphatic carbocycles. The number of carbonyl (C=O) groups excluding carboxylic acids is 1. The Labute approximate surface area is 174 Å². The number of halogens is 1. The van der Waals surface area contributed by atoms with Crippen LogP contribution < -0.4 is 4.90 Å². The zero-order valence-electron chi connectivity index (χ0n) is 16.6. The Balaban J connectivity index is 1.64. The molecule has 0 spiro atoms. The molecule has 29 heavy (non-hydrogen) atoms. The second-order valence-corrected chi connectivity index (χ2v) is 8.58. The lowest BCUT2D eigenvalue weighted by Gasteiger charge is -2.43. The Morgan fingerprint density at radius 2 is 2.03 bits per heavy atom. The van der Waals surface area contributed by atoms with Crippen molar-refractivity contribution in [3.05, 3.63) is 35.0 Å². The summed E-state index contributed by atoms with van der Waals surface area (Å²) in [7, 11) is 3.42. The van der Waals surface area contributed by atoms with E-state index >= 15 is 0 Å².